The van der Waals surface area contributed by atoms with Gasteiger partial charge in [0.1, 0.15) is 11.9 Å². The summed E-state index contributed by atoms with van der Waals surface area (Å²) in [5.41, 5.74) is 6.41. The average molecular weight is 294 g/mol. The molecule has 116 valence electrons. The molecule has 0 saturated heterocycles. The van der Waals surface area contributed by atoms with E-state index in [0.717, 1.165) is 12.8 Å². The Hall–Kier alpha value is -1.46. The van der Waals surface area contributed by atoms with E-state index >= 15 is 0 Å². The molecule has 21 heavy (non-hydrogen) atoms. The van der Waals surface area contributed by atoms with Crippen molar-refractivity contribution >= 4 is 11.6 Å². The molecule has 2 atom stereocenters. The van der Waals surface area contributed by atoms with Gasteiger partial charge < -0.3 is 16.2 Å². The van der Waals surface area contributed by atoms with Crippen LogP contribution >= 0.6 is 0 Å². The first kappa shape index (κ1) is 15.9. The number of anilines is 1. The molecule has 1 amide bonds. The third-order valence-corrected chi connectivity index (χ3v) is 4.12. The van der Waals surface area contributed by atoms with E-state index < -0.39 is 18.1 Å². The third kappa shape index (κ3) is 4.79. The van der Waals surface area contributed by atoms with Crippen LogP contribution in [0, 0.1) is 11.7 Å². The number of halogens is 1. The fraction of sp³-hybridized carbons (Fsp3) is 0.562. The SMILES string of the molecule is N[C@H](CC1CCCCC1)C(O)C(=O)Nc1ccc(F)cc1. The molecule has 1 unspecified atom stereocenters. The highest BCUT2D eigenvalue weighted by molar-refractivity contribution is 5.94. The van der Waals surface area contributed by atoms with Crippen molar-refractivity contribution < 1.29 is 14.3 Å². The standard InChI is InChI=1S/C16H23FN2O2/c17-12-6-8-13(9-7-12)19-16(21)15(20)14(18)10-11-4-2-1-3-5-11/h6-9,11,14-15,20H,1-5,10,18H2,(H,19,21)/t14-,15?/m1/s1. The van der Waals surface area contributed by atoms with Crippen LogP contribution in [0.1, 0.15) is 38.5 Å². The van der Waals surface area contributed by atoms with E-state index in [-0.39, 0.29) is 5.82 Å². The second-order valence-electron chi connectivity index (χ2n) is 5.84. The van der Waals surface area contributed by atoms with Crippen LogP contribution in [-0.4, -0.2) is 23.2 Å². The smallest absolute Gasteiger partial charge is 0.254 e. The largest absolute Gasteiger partial charge is 0.382 e. The first-order chi connectivity index (χ1) is 10.1. The van der Waals surface area contributed by atoms with Crippen molar-refractivity contribution in [2.45, 2.75) is 50.7 Å². The number of aliphatic hydroxyl groups excluding tert-OH is 1. The van der Waals surface area contributed by atoms with Gasteiger partial charge in [-0.1, -0.05) is 32.1 Å². The second-order valence-corrected chi connectivity index (χ2v) is 5.84. The van der Waals surface area contributed by atoms with Gasteiger partial charge in [-0.05, 0) is 36.6 Å². The first-order valence-corrected chi connectivity index (χ1v) is 7.56. The molecule has 4 nitrogen and oxygen atoms in total. The molecule has 1 fully saturated rings. The Morgan fingerprint density at radius 3 is 2.52 bits per heavy atom. The van der Waals surface area contributed by atoms with Crippen molar-refractivity contribution in [3.63, 3.8) is 0 Å². The van der Waals surface area contributed by atoms with Crippen molar-refractivity contribution in [3.05, 3.63) is 30.1 Å². The Kier molecular flexibility index (Phi) is 5.70. The van der Waals surface area contributed by atoms with Crippen LogP contribution in [0.15, 0.2) is 24.3 Å². The molecule has 4 N–H and O–H groups in total. The monoisotopic (exact) mass is 294 g/mol. The zero-order valence-electron chi connectivity index (χ0n) is 12.1. The Morgan fingerprint density at radius 2 is 1.90 bits per heavy atom. The third-order valence-electron chi connectivity index (χ3n) is 4.12. The Morgan fingerprint density at radius 1 is 1.29 bits per heavy atom. The summed E-state index contributed by atoms with van der Waals surface area (Å²) in [5.74, 6) is -0.408. The van der Waals surface area contributed by atoms with Crippen molar-refractivity contribution in [3.8, 4) is 0 Å². The van der Waals surface area contributed by atoms with Gasteiger partial charge in [-0.3, -0.25) is 4.79 Å². The molecular formula is C16H23FN2O2. The quantitative estimate of drug-likeness (QED) is 0.780. The topological polar surface area (TPSA) is 75.3 Å². The van der Waals surface area contributed by atoms with Crippen LogP contribution in [0.4, 0.5) is 10.1 Å². The molecule has 0 bridgehead atoms. The summed E-state index contributed by atoms with van der Waals surface area (Å²) in [5, 5.41) is 12.6. The van der Waals surface area contributed by atoms with Crippen molar-refractivity contribution in [2.24, 2.45) is 11.7 Å². The number of hydrogen-bond donors (Lipinski definition) is 3. The summed E-state index contributed by atoms with van der Waals surface area (Å²) in [4.78, 5) is 11.9. The fourth-order valence-corrected chi connectivity index (χ4v) is 2.88. The summed E-state index contributed by atoms with van der Waals surface area (Å²) in [6, 6.07) is 4.85. The number of amides is 1. The number of aliphatic hydroxyl groups is 1. The highest BCUT2D eigenvalue weighted by Crippen LogP contribution is 2.27. The number of hydrogen-bond acceptors (Lipinski definition) is 3. The van der Waals surface area contributed by atoms with Crippen LogP contribution in [0.2, 0.25) is 0 Å². The summed E-state index contributed by atoms with van der Waals surface area (Å²) < 4.78 is 12.8. The minimum absolute atomic E-state index is 0.373. The van der Waals surface area contributed by atoms with Gasteiger partial charge in [0.25, 0.3) is 5.91 Å². The van der Waals surface area contributed by atoms with Gasteiger partial charge in [0.15, 0.2) is 0 Å². The van der Waals surface area contributed by atoms with Crippen molar-refractivity contribution in [2.75, 3.05) is 5.32 Å². The van der Waals surface area contributed by atoms with E-state index in [4.69, 9.17) is 5.73 Å². The van der Waals surface area contributed by atoms with Gasteiger partial charge in [0.05, 0.1) is 0 Å². The van der Waals surface area contributed by atoms with Gasteiger partial charge in [-0.25, -0.2) is 4.39 Å². The van der Waals surface area contributed by atoms with Crippen LogP contribution in [0.3, 0.4) is 0 Å². The number of carbonyl (C=O) groups is 1. The van der Waals surface area contributed by atoms with Crippen LogP contribution < -0.4 is 11.1 Å². The normalized spacial score (nSPS) is 19.0. The molecule has 1 saturated carbocycles. The fourth-order valence-electron chi connectivity index (χ4n) is 2.88. The minimum Gasteiger partial charge on any atom is -0.382 e. The molecule has 5 heteroatoms. The summed E-state index contributed by atoms with van der Waals surface area (Å²) in [7, 11) is 0. The predicted octanol–water partition coefficient (Wildman–Crippen LogP) is 2.42. The lowest BCUT2D eigenvalue weighted by atomic mass is 9.84. The lowest BCUT2D eigenvalue weighted by molar-refractivity contribution is -0.125. The van der Waals surface area contributed by atoms with E-state index in [2.05, 4.69) is 5.32 Å². The molecular weight excluding hydrogens is 271 g/mol. The van der Waals surface area contributed by atoms with E-state index in [1.807, 2.05) is 0 Å². The van der Waals surface area contributed by atoms with Gasteiger partial charge in [-0.2, -0.15) is 0 Å². The molecule has 0 aliphatic heterocycles. The highest BCUT2D eigenvalue weighted by atomic mass is 19.1. The predicted molar refractivity (Wildman–Crippen MR) is 80.2 cm³/mol. The van der Waals surface area contributed by atoms with E-state index in [1.165, 1.54) is 43.5 Å². The van der Waals surface area contributed by atoms with E-state index in [0.29, 0.717) is 18.0 Å². The van der Waals surface area contributed by atoms with E-state index in [1.54, 1.807) is 0 Å². The second kappa shape index (κ2) is 7.52. The maximum absolute atomic E-state index is 12.8. The van der Waals surface area contributed by atoms with Crippen molar-refractivity contribution in [1.29, 1.82) is 0 Å². The van der Waals surface area contributed by atoms with E-state index in [9.17, 15) is 14.3 Å². The summed E-state index contributed by atoms with van der Waals surface area (Å²) in [6.45, 7) is 0. The maximum atomic E-state index is 12.8. The number of nitrogens with two attached hydrogens (primary N) is 1. The molecule has 1 aliphatic rings. The molecule has 1 aromatic rings. The summed E-state index contributed by atoms with van der Waals surface area (Å²) >= 11 is 0. The number of carbonyl (C=O) groups excluding carboxylic acids is 1. The minimum atomic E-state index is -1.24. The molecule has 1 aliphatic carbocycles. The van der Waals surface area contributed by atoms with Gasteiger partial charge in [-0.15, -0.1) is 0 Å². The summed E-state index contributed by atoms with van der Waals surface area (Å²) in [6.07, 6.45) is 5.35. The zero-order valence-corrected chi connectivity index (χ0v) is 12.1. The average Bonchev–Trinajstić information content (AvgIpc) is 2.49. The molecule has 2 rings (SSSR count). The zero-order chi connectivity index (χ0) is 15.2. The Bertz CT molecular complexity index is 458. The van der Waals surface area contributed by atoms with Crippen LogP contribution in [-0.2, 0) is 4.79 Å². The lowest BCUT2D eigenvalue weighted by Crippen LogP contribution is -2.44. The van der Waals surface area contributed by atoms with Crippen LogP contribution in [0.5, 0.6) is 0 Å². The number of nitrogens with one attached hydrogen (secondary N) is 1. The van der Waals surface area contributed by atoms with Gasteiger partial charge in [0, 0.05) is 11.7 Å². The number of rotatable bonds is 5. The Labute approximate surface area is 124 Å². The Balaban J connectivity index is 1.84. The molecule has 1 aromatic carbocycles. The first-order valence-electron chi connectivity index (χ1n) is 7.56. The highest BCUT2D eigenvalue weighted by Gasteiger charge is 2.26. The maximum Gasteiger partial charge on any atom is 0.254 e. The molecule has 0 heterocycles. The van der Waals surface area contributed by atoms with Gasteiger partial charge >= 0.3 is 0 Å². The molecule has 0 radical (unpaired) electrons. The van der Waals surface area contributed by atoms with Gasteiger partial charge in [0.2, 0.25) is 0 Å². The van der Waals surface area contributed by atoms with Crippen molar-refractivity contribution in [1.82, 2.24) is 0 Å². The molecule has 0 spiro atoms. The van der Waals surface area contributed by atoms with Crippen LogP contribution in [0.25, 0.3) is 0 Å². The number of benzene rings is 1. The molecule has 0 aromatic heterocycles. The lowest BCUT2D eigenvalue weighted by Gasteiger charge is -2.26.